The molecule has 1 amide bonds. The van der Waals surface area contributed by atoms with Gasteiger partial charge >= 0.3 is 0 Å². The molecule has 4 heteroatoms. The molecule has 1 heterocycles. The predicted octanol–water partition coefficient (Wildman–Crippen LogP) is 1.66. The van der Waals surface area contributed by atoms with Gasteiger partial charge in [0.25, 0.3) is 0 Å². The van der Waals surface area contributed by atoms with Crippen LogP contribution in [-0.4, -0.2) is 22.6 Å². The molecule has 0 saturated heterocycles. The number of rotatable bonds is 5. The molecule has 0 radical (unpaired) electrons. The number of benzene rings is 1. The zero-order valence-corrected chi connectivity index (χ0v) is 10.5. The van der Waals surface area contributed by atoms with Crippen LogP contribution in [0.2, 0.25) is 0 Å². The van der Waals surface area contributed by atoms with Crippen molar-refractivity contribution in [3.8, 4) is 0 Å². The highest BCUT2D eigenvalue weighted by molar-refractivity contribution is 5.81. The summed E-state index contributed by atoms with van der Waals surface area (Å²) in [6.07, 6.45) is 3.39. The Kier molecular flexibility index (Phi) is 3.99. The number of nitrogens with zero attached hydrogens (tertiary/aromatic N) is 1. The van der Waals surface area contributed by atoms with Crippen LogP contribution in [0.5, 0.6) is 0 Å². The Morgan fingerprint density at radius 2 is 2.22 bits per heavy atom. The maximum Gasteiger partial charge on any atom is 0.219 e. The number of hydrogen-bond acceptors (Lipinski definition) is 2. The normalized spacial score (nSPS) is 10.8. The van der Waals surface area contributed by atoms with E-state index in [0.29, 0.717) is 6.42 Å². The second-order valence-corrected chi connectivity index (χ2v) is 4.34. The molecule has 1 aromatic heterocycles. The molecule has 0 spiro atoms. The molecule has 18 heavy (non-hydrogen) atoms. The van der Waals surface area contributed by atoms with Gasteiger partial charge in [-0.25, -0.2) is 0 Å². The zero-order chi connectivity index (χ0) is 13.0. The van der Waals surface area contributed by atoms with Gasteiger partial charge in [0.1, 0.15) is 0 Å². The number of amides is 1. The van der Waals surface area contributed by atoms with Gasteiger partial charge in [0.2, 0.25) is 5.91 Å². The first-order valence-corrected chi connectivity index (χ1v) is 6.14. The summed E-state index contributed by atoms with van der Waals surface area (Å²) in [5.41, 5.74) is 2.06. The Morgan fingerprint density at radius 3 is 2.94 bits per heavy atom. The minimum Gasteiger partial charge on any atom is -0.392 e. The Morgan fingerprint density at radius 1 is 1.39 bits per heavy atom. The largest absolute Gasteiger partial charge is 0.392 e. The Hall–Kier alpha value is -1.81. The average Bonchev–Trinajstić information content (AvgIpc) is 2.81. The van der Waals surface area contributed by atoms with Crippen LogP contribution in [0.15, 0.2) is 30.5 Å². The Balaban J connectivity index is 2.07. The van der Waals surface area contributed by atoms with Gasteiger partial charge in [0, 0.05) is 31.7 Å². The number of carbonyl (C=O) groups excluding carboxylic acids is 1. The quantitative estimate of drug-likeness (QED) is 0.843. The molecule has 0 atom stereocenters. The lowest BCUT2D eigenvalue weighted by atomic mass is 10.2. The fraction of sp³-hybridized carbons (Fsp3) is 0.357. The van der Waals surface area contributed by atoms with Crippen molar-refractivity contribution in [3.05, 3.63) is 36.0 Å². The van der Waals surface area contributed by atoms with Gasteiger partial charge in [-0.15, -0.1) is 0 Å². The number of aliphatic hydroxyl groups excluding tert-OH is 1. The maximum absolute atomic E-state index is 11.1. The smallest absolute Gasteiger partial charge is 0.219 e. The van der Waals surface area contributed by atoms with Gasteiger partial charge in [-0.1, -0.05) is 6.07 Å². The van der Waals surface area contributed by atoms with Gasteiger partial charge in [0.15, 0.2) is 0 Å². The van der Waals surface area contributed by atoms with E-state index < -0.39 is 0 Å². The lowest BCUT2D eigenvalue weighted by molar-refractivity contribution is -0.120. The predicted molar refractivity (Wildman–Crippen MR) is 71.2 cm³/mol. The molecule has 1 aromatic carbocycles. The van der Waals surface area contributed by atoms with Crippen molar-refractivity contribution in [1.29, 1.82) is 0 Å². The summed E-state index contributed by atoms with van der Waals surface area (Å²) in [7, 11) is 1.66. The number of aromatic nitrogens is 1. The van der Waals surface area contributed by atoms with Gasteiger partial charge in [-0.2, -0.15) is 0 Å². The molecule has 0 aliphatic carbocycles. The van der Waals surface area contributed by atoms with E-state index >= 15 is 0 Å². The number of aryl methyl sites for hydroxylation is 1. The molecule has 2 rings (SSSR count). The first-order chi connectivity index (χ1) is 8.74. The third kappa shape index (κ3) is 2.71. The number of nitrogens with one attached hydrogen (secondary N) is 1. The van der Waals surface area contributed by atoms with E-state index in [9.17, 15) is 4.79 Å². The van der Waals surface area contributed by atoms with Gasteiger partial charge < -0.3 is 15.0 Å². The van der Waals surface area contributed by atoms with Gasteiger partial charge in [-0.05, 0) is 35.6 Å². The third-order valence-electron chi connectivity index (χ3n) is 3.10. The van der Waals surface area contributed by atoms with Crippen LogP contribution in [0, 0.1) is 0 Å². The lowest BCUT2D eigenvalue weighted by Crippen LogP contribution is -2.17. The Bertz CT molecular complexity index is 546. The topological polar surface area (TPSA) is 54.3 Å². The molecule has 0 aliphatic rings. The molecule has 0 fully saturated rings. The third-order valence-corrected chi connectivity index (χ3v) is 3.10. The van der Waals surface area contributed by atoms with Crippen molar-refractivity contribution in [1.82, 2.24) is 9.88 Å². The standard InChI is InChI=1S/C14H18N2O2/c1-15-14(18)3-2-7-16-8-6-12-9-11(10-17)4-5-13(12)16/h4-6,8-9,17H,2-3,7,10H2,1H3,(H,15,18). The molecule has 2 aromatic rings. The molecule has 0 aliphatic heterocycles. The number of carbonyl (C=O) groups is 1. The molecule has 0 unspecified atom stereocenters. The summed E-state index contributed by atoms with van der Waals surface area (Å²) in [5, 5.41) is 12.8. The van der Waals surface area contributed by atoms with E-state index in [2.05, 4.69) is 9.88 Å². The average molecular weight is 246 g/mol. The van der Waals surface area contributed by atoms with Crippen LogP contribution < -0.4 is 5.32 Å². The zero-order valence-electron chi connectivity index (χ0n) is 10.5. The second kappa shape index (κ2) is 5.69. The molecule has 96 valence electrons. The maximum atomic E-state index is 11.1. The summed E-state index contributed by atoms with van der Waals surface area (Å²) in [4.78, 5) is 11.1. The highest BCUT2D eigenvalue weighted by atomic mass is 16.3. The highest BCUT2D eigenvalue weighted by Gasteiger charge is 2.03. The van der Waals surface area contributed by atoms with Crippen LogP contribution >= 0.6 is 0 Å². The first kappa shape index (κ1) is 12.6. The van der Waals surface area contributed by atoms with Crippen LogP contribution in [0.25, 0.3) is 10.9 Å². The van der Waals surface area contributed by atoms with Crippen LogP contribution in [0.3, 0.4) is 0 Å². The van der Waals surface area contributed by atoms with Crippen LogP contribution in [0.1, 0.15) is 18.4 Å². The summed E-state index contributed by atoms with van der Waals surface area (Å²) in [5.74, 6) is 0.0778. The number of hydrogen-bond donors (Lipinski definition) is 2. The first-order valence-electron chi connectivity index (χ1n) is 6.14. The molecule has 4 nitrogen and oxygen atoms in total. The van der Waals surface area contributed by atoms with Gasteiger partial charge in [0.05, 0.1) is 6.61 Å². The number of fused-ring (bicyclic) bond motifs is 1. The SMILES string of the molecule is CNC(=O)CCCn1ccc2cc(CO)ccc21. The minimum absolute atomic E-state index is 0.0673. The summed E-state index contributed by atoms with van der Waals surface area (Å²) in [6, 6.07) is 7.97. The molecule has 0 bridgehead atoms. The van der Waals surface area contributed by atoms with E-state index in [1.165, 1.54) is 0 Å². The summed E-state index contributed by atoms with van der Waals surface area (Å²) in [6.45, 7) is 0.896. The van der Waals surface area contributed by atoms with Crippen molar-refractivity contribution >= 4 is 16.8 Å². The highest BCUT2D eigenvalue weighted by Crippen LogP contribution is 2.18. The van der Waals surface area contributed by atoms with Crippen LogP contribution in [-0.2, 0) is 17.9 Å². The fourth-order valence-electron chi connectivity index (χ4n) is 2.08. The second-order valence-electron chi connectivity index (χ2n) is 4.34. The monoisotopic (exact) mass is 246 g/mol. The molecule has 0 saturated carbocycles. The van der Waals surface area contributed by atoms with Crippen molar-refractivity contribution in [2.75, 3.05) is 7.05 Å². The minimum atomic E-state index is 0.0673. The molecule has 2 N–H and O–H groups in total. The van der Waals surface area contributed by atoms with E-state index in [4.69, 9.17) is 5.11 Å². The van der Waals surface area contributed by atoms with E-state index in [1.807, 2.05) is 30.5 Å². The number of aliphatic hydroxyl groups is 1. The summed E-state index contributed by atoms with van der Waals surface area (Å²) < 4.78 is 2.14. The van der Waals surface area contributed by atoms with E-state index in [1.54, 1.807) is 7.05 Å². The summed E-state index contributed by atoms with van der Waals surface area (Å²) >= 11 is 0. The Labute approximate surface area is 106 Å². The molecular formula is C14H18N2O2. The molecular weight excluding hydrogens is 228 g/mol. The fourth-order valence-corrected chi connectivity index (χ4v) is 2.08. The van der Waals surface area contributed by atoms with Crippen molar-refractivity contribution in [2.24, 2.45) is 0 Å². The lowest BCUT2D eigenvalue weighted by Gasteiger charge is -2.05. The van der Waals surface area contributed by atoms with E-state index in [-0.39, 0.29) is 12.5 Å². The van der Waals surface area contributed by atoms with Crippen molar-refractivity contribution in [3.63, 3.8) is 0 Å². The van der Waals surface area contributed by atoms with Gasteiger partial charge in [-0.3, -0.25) is 4.79 Å². The van der Waals surface area contributed by atoms with Crippen molar-refractivity contribution < 1.29 is 9.90 Å². The van der Waals surface area contributed by atoms with E-state index in [0.717, 1.165) is 29.4 Å². The van der Waals surface area contributed by atoms with Crippen LogP contribution in [0.4, 0.5) is 0 Å². The van der Waals surface area contributed by atoms with Crippen molar-refractivity contribution in [2.45, 2.75) is 26.0 Å².